The maximum Gasteiger partial charge on any atom is 0.277 e. The number of nitrogens with one attached hydrogen (secondary N) is 2. The molecule has 2 aromatic heterocycles. The average Bonchev–Trinajstić information content (AvgIpc) is 3.46. The van der Waals surface area contributed by atoms with Gasteiger partial charge in [-0.3, -0.25) is 4.79 Å². The first-order valence-corrected chi connectivity index (χ1v) is 11.0. The van der Waals surface area contributed by atoms with E-state index in [2.05, 4.69) is 25.4 Å². The number of H-pyrrole nitrogens is 1. The minimum Gasteiger partial charge on any atom is -0.411 e. The minimum absolute atomic E-state index is 0.129. The van der Waals surface area contributed by atoms with Crippen LogP contribution in [-0.2, 0) is 9.53 Å². The van der Waals surface area contributed by atoms with Crippen LogP contribution in [0.5, 0.6) is 0 Å². The Kier molecular flexibility index (Phi) is 5.59. The quantitative estimate of drug-likeness (QED) is 0.445. The van der Waals surface area contributed by atoms with Crippen molar-refractivity contribution >= 4 is 39.9 Å². The number of aromatic nitrogens is 3. The lowest BCUT2D eigenvalue weighted by Crippen LogP contribution is -2.36. The molecule has 0 aliphatic carbocycles. The second-order valence-corrected chi connectivity index (χ2v) is 8.03. The molecule has 0 radical (unpaired) electrons. The van der Waals surface area contributed by atoms with Gasteiger partial charge in [0, 0.05) is 41.6 Å². The van der Waals surface area contributed by atoms with E-state index in [9.17, 15) is 4.79 Å². The monoisotopic (exact) mass is 435 g/mol. The van der Waals surface area contributed by atoms with Crippen molar-refractivity contribution in [3.05, 3.63) is 54.7 Å². The van der Waals surface area contributed by atoms with E-state index < -0.39 is 0 Å². The Labute approximate surface area is 183 Å². The number of hydrogen-bond donors (Lipinski definition) is 2. The van der Waals surface area contributed by atoms with Gasteiger partial charge in [0.25, 0.3) is 11.1 Å². The Morgan fingerprint density at radius 2 is 1.90 bits per heavy atom. The minimum atomic E-state index is -0.129. The van der Waals surface area contributed by atoms with E-state index in [-0.39, 0.29) is 11.7 Å². The SMILES string of the molecule is O=C(CSc1nnc(-c2c[nH]c3ccccc23)o1)Nc1ccc(N2CCOCC2)cc1. The van der Waals surface area contributed by atoms with Crippen LogP contribution in [0, 0.1) is 0 Å². The molecular formula is C22H21N5O3S. The molecule has 1 amide bonds. The molecule has 0 saturated carbocycles. The van der Waals surface area contributed by atoms with Crippen LogP contribution >= 0.6 is 11.8 Å². The zero-order chi connectivity index (χ0) is 21.0. The largest absolute Gasteiger partial charge is 0.411 e. The molecule has 1 aliphatic rings. The number of para-hydroxylation sites is 1. The van der Waals surface area contributed by atoms with Gasteiger partial charge in [-0.1, -0.05) is 30.0 Å². The maximum atomic E-state index is 12.3. The lowest BCUT2D eigenvalue weighted by atomic mass is 10.2. The Bertz CT molecular complexity index is 1180. The molecule has 1 saturated heterocycles. The third-order valence-corrected chi connectivity index (χ3v) is 5.90. The van der Waals surface area contributed by atoms with Crippen molar-refractivity contribution in [3.63, 3.8) is 0 Å². The van der Waals surface area contributed by atoms with Gasteiger partial charge < -0.3 is 24.4 Å². The molecule has 1 aliphatic heterocycles. The fraction of sp³-hybridized carbons (Fsp3) is 0.227. The Balaban J connectivity index is 1.17. The van der Waals surface area contributed by atoms with Crippen molar-refractivity contribution in [2.75, 3.05) is 42.3 Å². The summed E-state index contributed by atoms with van der Waals surface area (Å²) in [5, 5.41) is 12.5. The van der Waals surface area contributed by atoms with Gasteiger partial charge >= 0.3 is 0 Å². The first-order chi connectivity index (χ1) is 15.3. The summed E-state index contributed by atoms with van der Waals surface area (Å²) in [6, 6.07) is 15.8. The van der Waals surface area contributed by atoms with E-state index in [0.717, 1.165) is 54.1 Å². The van der Waals surface area contributed by atoms with Gasteiger partial charge in [-0.2, -0.15) is 0 Å². The molecule has 5 rings (SSSR count). The van der Waals surface area contributed by atoms with Crippen molar-refractivity contribution in [3.8, 4) is 11.5 Å². The molecule has 2 aromatic carbocycles. The molecule has 9 heteroatoms. The zero-order valence-electron chi connectivity index (χ0n) is 16.7. The molecule has 8 nitrogen and oxygen atoms in total. The van der Waals surface area contributed by atoms with Crippen LogP contribution in [0.3, 0.4) is 0 Å². The number of carbonyl (C=O) groups is 1. The Hall–Kier alpha value is -3.30. The number of thioether (sulfide) groups is 1. The normalized spacial score (nSPS) is 14.1. The van der Waals surface area contributed by atoms with E-state index >= 15 is 0 Å². The molecule has 4 aromatic rings. The van der Waals surface area contributed by atoms with Crippen LogP contribution in [0.2, 0.25) is 0 Å². The van der Waals surface area contributed by atoms with Crippen molar-refractivity contribution < 1.29 is 13.9 Å². The number of fused-ring (bicyclic) bond motifs is 1. The van der Waals surface area contributed by atoms with Crippen LogP contribution in [0.1, 0.15) is 0 Å². The number of nitrogens with zero attached hydrogens (tertiary/aromatic N) is 3. The summed E-state index contributed by atoms with van der Waals surface area (Å²) < 4.78 is 11.1. The van der Waals surface area contributed by atoms with Crippen LogP contribution in [0.4, 0.5) is 11.4 Å². The van der Waals surface area contributed by atoms with E-state index in [4.69, 9.17) is 9.15 Å². The lowest BCUT2D eigenvalue weighted by Gasteiger charge is -2.28. The number of hydrogen-bond acceptors (Lipinski definition) is 7. The molecule has 2 N–H and O–H groups in total. The lowest BCUT2D eigenvalue weighted by molar-refractivity contribution is -0.113. The third-order valence-electron chi connectivity index (χ3n) is 5.08. The van der Waals surface area contributed by atoms with Gasteiger partial charge in [0.1, 0.15) is 0 Å². The maximum absolute atomic E-state index is 12.3. The molecule has 0 spiro atoms. The molecule has 0 atom stereocenters. The first kappa shape index (κ1) is 19.7. The molecule has 158 valence electrons. The topological polar surface area (TPSA) is 96.3 Å². The fourth-order valence-electron chi connectivity index (χ4n) is 3.53. The molecule has 0 unspecified atom stereocenters. The second-order valence-electron chi connectivity index (χ2n) is 7.10. The molecule has 31 heavy (non-hydrogen) atoms. The van der Waals surface area contributed by atoms with Gasteiger partial charge in [0.2, 0.25) is 5.91 Å². The van der Waals surface area contributed by atoms with Crippen LogP contribution in [-0.4, -0.2) is 53.1 Å². The predicted molar refractivity (Wildman–Crippen MR) is 120 cm³/mol. The molecule has 1 fully saturated rings. The number of amides is 1. The summed E-state index contributed by atoms with van der Waals surface area (Å²) in [5.41, 5.74) is 3.74. The highest BCUT2D eigenvalue weighted by Crippen LogP contribution is 2.29. The number of rotatable bonds is 6. The number of morpholine rings is 1. The van der Waals surface area contributed by atoms with Gasteiger partial charge in [-0.05, 0) is 30.3 Å². The van der Waals surface area contributed by atoms with E-state index in [1.165, 1.54) is 11.8 Å². The summed E-state index contributed by atoms with van der Waals surface area (Å²) in [7, 11) is 0. The van der Waals surface area contributed by atoms with Crippen molar-refractivity contribution in [2.45, 2.75) is 5.22 Å². The zero-order valence-corrected chi connectivity index (χ0v) is 17.5. The average molecular weight is 436 g/mol. The number of benzene rings is 2. The predicted octanol–water partition coefficient (Wildman–Crippen LogP) is 3.79. The molecule has 3 heterocycles. The third kappa shape index (κ3) is 4.42. The van der Waals surface area contributed by atoms with Crippen LogP contribution < -0.4 is 10.2 Å². The number of anilines is 2. The highest BCUT2D eigenvalue weighted by molar-refractivity contribution is 7.99. The Morgan fingerprint density at radius 3 is 2.74 bits per heavy atom. The number of carbonyl (C=O) groups excluding carboxylic acids is 1. The first-order valence-electron chi connectivity index (χ1n) is 10.0. The van der Waals surface area contributed by atoms with E-state index in [1.54, 1.807) is 0 Å². The van der Waals surface area contributed by atoms with Crippen molar-refractivity contribution in [1.82, 2.24) is 15.2 Å². The summed E-state index contributed by atoms with van der Waals surface area (Å²) >= 11 is 1.21. The number of ether oxygens (including phenoxy) is 1. The summed E-state index contributed by atoms with van der Waals surface area (Å²) in [4.78, 5) is 17.8. The van der Waals surface area contributed by atoms with Crippen LogP contribution in [0.25, 0.3) is 22.4 Å². The van der Waals surface area contributed by atoms with Crippen LogP contribution in [0.15, 0.2) is 64.4 Å². The number of aromatic amines is 1. The van der Waals surface area contributed by atoms with Gasteiger partial charge in [-0.15, -0.1) is 10.2 Å². The highest BCUT2D eigenvalue weighted by Gasteiger charge is 2.15. The standard InChI is InChI=1S/C22H21N5O3S/c28-20(24-15-5-7-16(8-6-15)27-9-11-29-12-10-27)14-31-22-26-25-21(30-22)18-13-23-19-4-2-1-3-17(18)19/h1-8,13,23H,9-12,14H2,(H,24,28). The van der Waals surface area contributed by atoms with Gasteiger partial charge in [0.05, 0.1) is 24.5 Å². The summed E-state index contributed by atoms with van der Waals surface area (Å²) in [6.45, 7) is 3.25. The Morgan fingerprint density at radius 1 is 1.10 bits per heavy atom. The smallest absolute Gasteiger partial charge is 0.277 e. The highest BCUT2D eigenvalue weighted by atomic mass is 32.2. The molecule has 0 bridgehead atoms. The van der Waals surface area contributed by atoms with Gasteiger partial charge in [0.15, 0.2) is 0 Å². The second kappa shape index (κ2) is 8.83. The van der Waals surface area contributed by atoms with Crippen molar-refractivity contribution in [1.29, 1.82) is 0 Å². The fourth-order valence-corrected chi connectivity index (χ4v) is 4.09. The van der Waals surface area contributed by atoms with E-state index in [0.29, 0.717) is 11.1 Å². The molecular weight excluding hydrogens is 414 g/mol. The van der Waals surface area contributed by atoms with Crippen molar-refractivity contribution in [2.24, 2.45) is 0 Å². The summed E-state index contributed by atoms with van der Waals surface area (Å²) in [6.07, 6.45) is 1.85. The van der Waals surface area contributed by atoms with E-state index in [1.807, 2.05) is 54.7 Å². The van der Waals surface area contributed by atoms with Gasteiger partial charge in [-0.25, -0.2) is 0 Å². The summed E-state index contributed by atoms with van der Waals surface area (Å²) in [5.74, 6) is 0.482.